The van der Waals surface area contributed by atoms with Crippen molar-refractivity contribution in [3.63, 3.8) is 0 Å². The molecule has 0 aliphatic carbocycles. The minimum absolute atomic E-state index is 0.00278. The van der Waals surface area contributed by atoms with Gasteiger partial charge >= 0.3 is 6.03 Å². The van der Waals surface area contributed by atoms with Crippen LogP contribution in [0.2, 0.25) is 0 Å². The second kappa shape index (κ2) is 8.19. The van der Waals surface area contributed by atoms with Gasteiger partial charge in [-0.2, -0.15) is 0 Å². The van der Waals surface area contributed by atoms with Crippen LogP contribution in [0, 0.1) is 11.6 Å². The lowest BCUT2D eigenvalue weighted by Crippen LogP contribution is -2.34. The number of ketones is 1. The van der Waals surface area contributed by atoms with Crippen molar-refractivity contribution in [3.05, 3.63) is 71.3 Å². The summed E-state index contributed by atoms with van der Waals surface area (Å²) >= 11 is 0. The van der Waals surface area contributed by atoms with Crippen molar-refractivity contribution in [3.8, 4) is 0 Å². The number of rotatable bonds is 5. The molecule has 2 aromatic rings. The van der Waals surface area contributed by atoms with E-state index in [-0.39, 0.29) is 23.4 Å². The van der Waals surface area contributed by atoms with Crippen LogP contribution in [0.15, 0.2) is 48.5 Å². The number of halogens is 2. The monoisotopic (exact) mass is 344 g/mol. The Kier molecular flexibility index (Phi) is 6.00. The molecule has 0 atom stereocenters. The summed E-state index contributed by atoms with van der Waals surface area (Å²) in [7, 11) is 0. The molecule has 0 saturated heterocycles. The molecule has 0 spiro atoms. The lowest BCUT2D eigenvalue weighted by molar-refractivity contribution is 0.104. The summed E-state index contributed by atoms with van der Waals surface area (Å²) in [5.74, 6) is -2.33. The van der Waals surface area contributed by atoms with Crippen LogP contribution < -0.4 is 10.6 Å². The molecule has 2 aromatic carbocycles. The second-order valence-corrected chi connectivity index (χ2v) is 5.67. The zero-order chi connectivity index (χ0) is 18.4. The van der Waals surface area contributed by atoms with E-state index in [1.165, 1.54) is 24.3 Å². The molecule has 0 aliphatic heterocycles. The first-order valence-corrected chi connectivity index (χ1v) is 7.71. The van der Waals surface area contributed by atoms with E-state index in [2.05, 4.69) is 10.6 Å². The van der Waals surface area contributed by atoms with Gasteiger partial charge in [-0.1, -0.05) is 12.1 Å². The standard InChI is InChI=1S/C19H18F2N2O2/c1-12(2)22-19(25)23-15-9-6-13(7-10-15)17(24)11-8-14-4-3-5-16(20)18(14)21/h3-12H,1-2H3,(H2,22,23,25)/b11-8+. The number of hydrogen-bond donors (Lipinski definition) is 2. The molecule has 0 bridgehead atoms. The van der Waals surface area contributed by atoms with Crippen molar-refractivity contribution in [2.24, 2.45) is 0 Å². The number of hydrogen-bond acceptors (Lipinski definition) is 2. The van der Waals surface area contributed by atoms with Gasteiger partial charge in [-0.15, -0.1) is 0 Å². The normalized spacial score (nSPS) is 10.9. The summed E-state index contributed by atoms with van der Waals surface area (Å²) in [5.41, 5.74) is 0.898. The van der Waals surface area contributed by atoms with Gasteiger partial charge in [0.05, 0.1) is 0 Å². The fraction of sp³-hybridized carbons (Fsp3) is 0.158. The van der Waals surface area contributed by atoms with E-state index in [9.17, 15) is 18.4 Å². The third kappa shape index (κ3) is 5.24. The number of allylic oxidation sites excluding steroid dienone is 1. The minimum atomic E-state index is -0.998. The molecule has 0 aliphatic rings. The van der Waals surface area contributed by atoms with Crippen LogP contribution in [0.4, 0.5) is 19.3 Å². The maximum atomic E-state index is 13.5. The Hall–Kier alpha value is -3.02. The maximum Gasteiger partial charge on any atom is 0.319 e. The molecule has 0 heterocycles. The fourth-order valence-electron chi connectivity index (χ4n) is 2.06. The first kappa shape index (κ1) is 18.3. The van der Waals surface area contributed by atoms with Crippen LogP contribution >= 0.6 is 0 Å². The van der Waals surface area contributed by atoms with Crippen molar-refractivity contribution >= 4 is 23.6 Å². The third-order valence-electron chi connectivity index (χ3n) is 3.24. The maximum absolute atomic E-state index is 13.5. The van der Waals surface area contributed by atoms with Gasteiger partial charge in [0.1, 0.15) is 0 Å². The van der Waals surface area contributed by atoms with Crippen LogP contribution in [-0.2, 0) is 0 Å². The zero-order valence-corrected chi connectivity index (χ0v) is 13.8. The molecule has 4 nitrogen and oxygen atoms in total. The predicted molar refractivity (Wildman–Crippen MR) is 93.5 cm³/mol. The summed E-state index contributed by atoms with van der Waals surface area (Å²) in [6, 6.07) is 9.68. The van der Waals surface area contributed by atoms with Gasteiger partial charge < -0.3 is 10.6 Å². The van der Waals surface area contributed by atoms with Crippen molar-refractivity contribution in [2.45, 2.75) is 19.9 Å². The zero-order valence-electron chi connectivity index (χ0n) is 13.8. The quantitative estimate of drug-likeness (QED) is 0.624. The number of carbonyl (C=O) groups is 2. The molecule has 130 valence electrons. The Labute approximate surface area is 144 Å². The van der Waals surface area contributed by atoms with Crippen molar-refractivity contribution in [2.75, 3.05) is 5.32 Å². The fourth-order valence-corrected chi connectivity index (χ4v) is 2.06. The average molecular weight is 344 g/mol. The summed E-state index contributed by atoms with van der Waals surface area (Å²) in [6.45, 7) is 3.68. The van der Waals surface area contributed by atoms with Crippen LogP contribution in [0.1, 0.15) is 29.8 Å². The van der Waals surface area contributed by atoms with E-state index >= 15 is 0 Å². The largest absolute Gasteiger partial charge is 0.336 e. The van der Waals surface area contributed by atoms with E-state index in [1.807, 2.05) is 13.8 Å². The Balaban J connectivity index is 2.04. The van der Waals surface area contributed by atoms with Crippen LogP contribution in [0.5, 0.6) is 0 Å². The van der Waals surface area contributed by atoms with Gasteiger partial charge in [-0.05, 0) is 56.3 Å². The number of amides is 2. The Bertz CT molecular complexity index is 800. The van der Waals surface area contributed by atoms with Crippen molar-refractivity contribution in [1.29, 1.82) is 0 Å². The highest BCUT2D eigenvalue weighted by atomic mass is 19.2. The van der Waals surface area contributed by atoms with E-state index in [1.54, 1.807) is 24.3 Å². The molecule has 0 radical (unpaired) electrons. The summed E-state index contributed by atoms with van der Waals surface area (Å²) in [4.78, 5) is 23.7. The topological polar surface area (TPSA) is 58.2 Å². The Morgan fingerprint density at radius 1 is 1.04 bits per heavy atom. The highest BCUT2D eigenvalue weighted by Crippen LogP contribution is 2.14. The number of anilines is 1. The number of urea groups is 1. The van der Waals surface area contributed by atoms with Crippen molar-refractivity contribution < 1.29 is 18.4 Å². The molecule has 0 saturated carbocycles. The molecule has 2 amide bonds. The van der Waals surface area contributed by atoms with Gasteiger partial charge in [0.2, 0.25) is 0 Å². The number of carbonyl (C=O) groups excluding carboxylic acids is 2. The highest BCUT2D eigenvalue weighted by Gasteiger charge is 2.07. The van der Waals surface area contributed by atoms with Gasteiger partial charge in [0.15, 0.2) is 17.4 Å². The Morgan fingerprint density at radius 3 is 2.36 bits per heavy atom. The summed E-state index contributed by atoms with van der Waals surface area (Å²) in [5, 5.41) is 5.32. The lowest BCUT2D eigenvalue weighted by atomic mass is 10.1. The molecular formula is C19H18F2N2O2. The molecule has 0 aromatic heterocycles. The first-order chi connectivity index (χ1) is 11.9. The lowest BCUT2D eigenvalue weighted by Gasteiger charge is -2.10. The molecule has 0 unspecified atom stereocenters. The van der Waals surface area contributed by atoms with Gasteiger partial charge in [-0.3, -0.25) is 4.79 Å². The molecule has 25 heavy (non-hydrogen) atoms. The molecule has 6 heteroatoms. The first-order valence-electron chi connectivity index (χ1n) is 7.71. The molecule has 0 fully saturated rings. The smallest absolute Gasteiger partial charge is 0.319 e. The third-order valence-corrected chi connectivity index (χ3v) is 3.24. The van der Waals surface area contributed by atoms with Gasteiger partial charge in [-0.25, -0.2) is 13.6 Å². The predicted octanol–water partition coefficient (Wildman–Crippen LogP) is 4.39. The van der Waals surface area contributed by atoms with Gasteiger partial charge in [0, 0.05) is 22.9 Å². The van der Waals surface area contributed by atoms with Crippen LogP contribution in [-0.4, -0.2) is 17.9 Å². The average Bonchev–Trinajstić information content (AvgIpc) is 2.56. The molecular weight excluding hydrogens is 326 g/mol. The number of benzene rings is 2. The van der Waals surface area contributed by atoms with Crippen LogP contribution in [0.3, 0.4) is 0 Å². The van der Waals surface area contributed by atoms with E-state index in [0.717, 1.165) is 6.07 Å². The summed E-state index contributed by atoms with van der Waals surface area (Å²) < 4.78 is 26.7. The highest BCUT2D eigenvalue weighted by molar-refractivity contribution is 6.07. The molecule has 2 rings (SSSR count). The van der Waals surface area contributed by atoms with Gasteiger partial charge in [0.25, 0.3) is 0 Å². The van der Waals surface area contributed by atoms with E-state index < -0.39 is 11.6 Å². The molecule has 2 N–H and O–H groups in total. The second-order valence-electron chi connectivity index (χ2n) is 5.67. The SMILES string of the molecule is CC(C)NC(=O)Nc1ccc(C(=O)/C=C/c2cccc(F)c2F)cc1. The van der Waals surface area contributed by atoms with Crippen LogP contribution in [0.25, 0.3) is 6.08 Å². The Morgan fingerprint density at radius 2 is 1.72 bits per heavy atom. The van der Waals surface area contributed by atoms with E-state index in [0.29, 0.717) is 11.3 Å². The van der Waals surface area contributed by atoms with E-state index in [4.69, 9.17) is 0 Å². The number of nitrogens with one attached hydrogen (secondary N) is 2. The summed E-state index contributed by atoms with van der Waals surface area (Å²) in [6.07, 6.45) is 2.40. The minimum Gasteiger partial charge on any atom is -0.336 e. The van der Waals surface area contributed by atoms with Crippen molar-refractivity contribution in [1.82, 2.24) is 5.32 Å².